The molecule has 0 aromatic rings. The minimum atomic E-state index is -5.50. The Hall–Kier alpha value is -1.39. The van der Waals surface area contributed by atoms with Gasteiger partial charge >= 0.3 is 15.2 Å². The maximum absolute atomic E-state index is 12.3. The van der Waals surface area contributed by atoms with E-state index in [1.807, 2.05) is 0 Å². The highest BCUT2D eigenvalue weighted by Gasteiger charge is 2.58. The van der Waals surface area contributed by atoms with Crippen molar-refractivity contribution in [1.29, 1.82) is 0 Å². The standard InChI is InChI=1S/C16H26N2O10P2/c19-13-6-7-14(20)18(13)10-11-2-4-12(5-3-11)15(21)17-9-1-8-16(22,29(23,24)25)30(26,27)28/h6-7,11-12,22H,1-5,8-10H2,(H,17,21)(H2,23,24,25)(H2,26,27,28). The highest BCUT2D eigenvalue weighted by Crippen LogP contribution is 2.69. The van der Waals surface area contributed by atoms with Gasteiger partial charge in [0.1, 0.15) is 0 Å². The summed E-state index contributed by atoms with van der Waals surface area (Å²) in [6.07, 6.45) is 3.67. The molecule has 1 aliphatic heterocycles. The Kier molecular flexibility index (Phi) is 7.79. The fraction of sp³-hybridized carbons (Fsp3) is 0.688. The normalized spacial score (nSPS) is 23.2. The molecule has 2 rings (SSSR count). The quantitative estimate of drug-likeness (QED) is 0.147. The molecule has 1 saturated carbocycles. The third-order valence-corrected chi connectivity index (χ3v) is 9.36. The van der Waals surface area contributed by atoms with Gasteiger partial charge in [0.2, 0.25) is 5.91 Å². The van der Waals surface area contributed by atoms with E-state index in [0.717, 1.165) is 0 Å². The van der Waals surface area contributed by atoms with Gasteiger partial charge in [0.05, 0.1) is 0 Å². The second-order valence-electron chi connectivity index (χ2n) is 7.60. The topological polar surface area (TPSA) is 202 Å². The van der Waals surface area contributed by atoms with Crippen molar-refractivity contribution in [2.24, 2.45) is 11.8 Å². The molecule has 14 heteroatoms. The molecule has 0 bridgehead atoms. The molecule has 0 radical (unpaired) electrons. The molecule has 0 atom stereocenters. The van der Waals surface area contributed by atoms with E-state index in [2.05, 4.69) is 5.32 Å². The lowest BCUT2D eigenvalue weighted by Crippen LogP contribution is -2.38. The highest BCUT2D eigenvalue weighted by molar-refractivity contribution is 7.72. The summed E-state index contributed by atoms with van der Waals surface area (Å²) in [7, 11) is -11.0. The van der Waals surface area contributed by atoms with Crippen molar-refractivity contribution in [1.82, 2.24) is 10.2 Å². The van der Waals surface area contributed by atoms with E-state index in [4.69, 9.17) is 19.6 Å². The molecule has 0 saturated heterocycles. The van der Waals surface area contributed by atoms with Crippen LogP contribution in [0.1, 0.15) is 38.5 Å². The van der Waals surface area contributed by atoms with Gasteiger partial charge in [-0.25, -0.2) is 0 Å². The predicted molar refractivity (Wildman–Crippen MR) is 103 cm³/mol. The molecule has 1 heterocycles. The van der Waals surface area contributed by atoms with E-state index in [-0.39, 0.29) is 42.5 Å². The molecule has 30 heavy (non-hydrogen) atoms. The first-order valence-corrected chi connectivity index (χ1v) is 12.6. The Morgan fingerprint density at radius 2 is 1.53 bits per heavy atom. The van der Waals surface area contributed by atoms with Gasteiger partial charge in [-0.3, -0.25) is 28.4 Å². The zero-order chi connectivity index (χ0) is 22.7. The van der Waals surface area contributed by atoms with E-state index in [1.54, 1.807) is 0 Å². The summed E-state index contributed by atoms with van der Waals surface area (Å²) in [4.78, 5) is 73.0. The third-order valence-electron chi connectivity index (χ3n) is 5.48. The van der Waals surface area contributed by atoms with Crippen molar-refractivity contribution in [2.75, 3.05) is 13.1 Å². The van der Waals surface area contributed by atoms with Crippen LogP contribution < -0.4 is 5.32 Å². The van der Waals surface area contributed by atoms with Gasteiger partial charge in [-0.05, 0) is 38.0 Å². The SMILES string of the molecule is O=C(NCCCC(O)(P(=O)(O)O)P(=O)(O)O)C1CCC(CN2C(=O)C=CC2=O)CC1. The van der Waals surface area contributed by atoms with Crippen LogP contribution in [0, 0.1) is 11.8 Å². The van der Waals surface area contributed by atoms with Crippen LogP contribution in [0.3, 0.4) is 0 Å². The molecular weight excluding hydrogens is 442 g/mol. The van der Waals surface area contributed by atoms with E-state index >= 15 is 0 Å². The lowest BCUT2D eigenvalue weighted by atomic mass is 9.81. The summed E-state index contributed by atoms with van der Waals surface area (Å²) in [5, 5.41) is 8.85. The summed E-state index contributed by atoms with van der Waals surface area (Å²) in [6.45, 7) is 0.186. The molecule has 0 aromatic carbocycles. The monoisotopic (exact) mass is 468 g/mol. The fourth-order valence-corrected chi connectivity index (χ4v) is 5.88. The Bertz CT molecular complexity index is 769. The number of carbonyl (C=O) groups is 3. The van der Waals surface area contributed by atoms with Crippen LogP contribution in [0.5, 0.6) is 0 Å². The molecule has 1 aliphatic carbocycles. The second kappa shape index (κ2) is 9.40. The molecule has 6 N–H and O–H groups in total. The van der Waals surface area contributed by atoms with Crippen LogP contribution in [0.4, 0.5) is 0 Å². The van der Waals surface area contributed by atoms with Gasteiger partial charge in [-0.15, -0.1) is 0 Å². The van der Waals surface area contributed by atoms with E-state index in [1.165, 1.54) is 17.1 Å². The first-order chi connectivity index (χ1) is 13.8. The number of rotatable bonds is 9. The molecule has 0 spiro atoms. The summed E-state index contributed by atoms with van der Waals surface area (Å²) in [5.41, 5.74) is 0. The molecule has 12 nitrogen and oxygen atoms in total. The molecule has 0 unspecified atom stereocenters. The minimum Gasteiger partial charge on any atom is -0.368 e. The molecular formula is C16H26N2O10P2. The second-order valence-corrected chi connectivity index (χ2v) is 11.6. The smallest absolute Gasteiger partial charge is 0.368 e. The van der Waals surface area contributed by atoms with E-state index in [9.17, 15) is 28.6 Å². The van der Waals surface area contributed by atoms with Crippen molar-refractivity contribution < 1.29 is 48.2 Å². The molecule has 170 valence electrons. The van der Waals surface area contributed by atoms with Crippen molar-refractivity contribution in [3.8, 4) is 0 Å². The van der Waals surface area contributed by atoms with Gasteiger partial charge in [0.25, 0.3) is 16.9 Å². The van der Waals surface area contributed by atoms with Crippen LogP contribution in [0.15, 0.2) is 12.2 Å². The molecule has 0 aromatic heterocycles. The number of carbonyl (C=O) groups excluding carboxylic acids is 3. The maximum atomic E-state index is 12.3. The maximum Gasteiger partial charge on any atom is 0.369 e. The average Bonchev–Trinajstić information content (AvgIpc) is 2.95. The number of hydrogen-bond donors (Lipinski definition) is 6. The number of aliphatic hydroxyl groups is 1. The number of nitrogens with one attached hydrogen (secondary N) is 1. The number of amides is 3. The largest absolute Gasteiger partial charge is 0.369 e. The number of hydrogen-bond acceptors (Lipinski definition) is 6. The summed E-state index contributed by atoms with van der Waals surface area (Å²) in [6, 6.07) is 0. The van der Waals surface area contributed by atoms with Crippen molar-refractivity contribution in [3.63, 3.8) is 0 Å². The van der Waals surface area contributed by atoms with Crippen LogP contribution in [-0.2, 0) is 23.5 Å². The van der Waals surface area contributed by atoms with Crippen molar-refractivity contribution in [2.45, 2.75) is 43.6 Å². The predicted octanol–water partition coefficient (Wildman–Crippen LogP) is -0.384. The lowest BCUT2D eigenvalue weighted by molar-refractivity contribution is -0.138. The average molecular weight is 468 g/mol. The van der Waals surface area contributed by atoms with Gasteiger partial charge in [-0.2, -0.15) is 0 Å². The van der Waals surface area contributed by atoms with Gasteiger partial charge in [0, 0.05) is 37.6 Å². The first kappa shape index (κ1) is 24.9. The summed E-state index contributed by atoms with van der Waals surface area (Å²) in [5.74, 6) is -1.20. The number of imide groups is 1. The van der Waals surface area contributed by atoms with Crippen LogP contribution >= 0.6 is 15.2 Å². The Balaban J connectivity index is 1.75. The molecule has 2 aliphatic rings. The summed E-state index contributed by atoms with van der Waals surface area (Å²) < 4.78 is 22.6. The molecule has 1 fully saturated rings. The van der Waals surface area contributed by atoms with Crippen LogP contribution in [0.2, 0.25) is 0 Å². The zero-order valence-corrected chi connectivity index (χ0v) is 17.9. The lowest BCUT2D eigenvalue weighted by Gasteiger charge is -2.30. The Morgan fingerprint density at radius 1 is 1.03 bits per heavy atom. The minimum absolute atomic E-state index is 0.100. The van der Waals surface area contributed by atoms with Crippen LogP contribution in [-0.4, -0.2) is 65.5 Å². The Labute approximate surface area is 172 Å². The first-order valence-electron chi connectivity index (χ1n) is 9.41. The van der Waals surface area contributed by atoms with Gasteiger partial charge in [0.15, 0.2) is 0 Å². The fourth-order valence-electron chi connectivity index (χ4n) is 3.62. The third kappa shape index (κ3) is 5.64. The van der Waals surface area contributed by atoms with Gasteiger partial charge < -0.3 is 30.0 Å². The summed E-state index contributed by atoms with van der Waals surface area (Å²) >= 11 is 0. The zero-order valence-electron chi connectivity index (χ0n) is 16.1. The van der Waals surface area contributed by atoms with E-state index in [0.29, 0.717) is 32.2 Å². The number of nitrogens with zero attached hydrogens (tertiary/aromatic N) is 1. The Morgan fingerprint density at radius 3 is 2.00 bits per heavy atom. The van der Waals surface area contributed by atoms with Crippen LogP contribution in [0.25, 0.3) is 0 Å². The van der Waals surface area contributed by atoms with E-state index < -0.39 is 26.7 Å². The molecule has 3 amide bonds. The van der Waals surface area contributed by atoms with Crippen molar-refractivity contribution in [3.05, 3.63) is 12.2 Å². The van der Waals surface area contributed by atoms with Crippen molar-refractivity contribution >= 4 is 32.9 Å². The highest BCUT2D eigenvalue weighted by atomic mass is 31.2. The van der Waals surface area contributed by atoms with Gasteiger partial charge in [-0.1, -0.05) is 0 Å².